The van der Waals surface area contributed by atoms with E-state index >= 15 is 0 Å². The van der Waals surface area contributed by atoms with Gasteiger partial charge in [-0.3, -0.25) is 0 Å². The van der Waals surface area contributed by atoms with Crippen molar-refractivity contribution in [2.75, 3.05) is 0 Å². The molecule has 0 aliphatic carbocycles. The summed E-state index contributed by atoms with van der Waals surface area (Å²) in [4.78, 5) is 0. The lowest BCUT2D eigenvalue weighted by atomic mass is 10.5. The monoisotopic (exact) mass is 176 g/mol. The van der Waals surface area contributed by atoms with Crippen LogP contribution in [0.2, 0.25) is 0 Å². The molecule has 0 saturated heterocycles. The van der Waals surface area contributed by atoms with Crippen molar-refractivity contribution in [2.24, 2.45) is 10.2 Å². The zero-order chi connectivity index (χ0) is 5.98. The maximum atomic E-state index is 3.81. The molecule has 0 aromatic rings. The Kier molecular flexibility index (Phi) is 1.48. The van der Waals surface area contributed by atoms with E-state index in [0.29, 0.717) is 0 Å². The lowest BCUT2D eigenvalue weighted by Gasteiger charge is -2.11. The van der Waals surface area contributed by atoms with Crippen LogP contribution in [-0.2, 0) is 0 Å². The molecule has 1 heterocycles. The van der Waals surface area contributed by atoms with Crippen LogP contribution in [0, 0.1) is 0 Å². The van der Waals surface area contributed by atoms with Gasteiger partial charge in [-0.1, -0.05) is 0 Å². The number of halogens is 1. The van der Waals surface area contributed by atoms with Gasteiger partial charge in [0.2, 0.25) is 0 Å². The summed E-state index contributed by atoms with van der Waals surface area (Å²) in [6, 6.07) is 0. The molecule has 0 atom stereocenters. The summed E-state index contributed by atoms with van der Waals surface area (Å²) < 4.78 is 1.35. The average molecular weight is 177 g/mol. The molecule has 0 spiro atoms. The molecule has 8 heavy (non-hydrogen) atoms. The Morgan fingerprint density at radius 2 is 2.62 bits per heavy atom. The first-order valence-corrected chi connectivity index (χ1v) is 2.80. The highest BCUT2D eigenvalue weighted by Crippen LogP contribution is 1.94. The van der Waals surface area contributed by atoms with Crippen molar-refractivity contribution in [3.63, 3.8) is 0 Å². The molecule has 0 radical (unpaired) electrons. The van der Waals surface area contributed by atoms with E-state index in [-0.39, 0.29) is 0 Å². The lowest BCUT2D eigenvalue weighted by molar-refractivity contribution is 0.394. The van der Waals surface area contributed by atoms with Crippen LogP contribution in [0.5, 0.6) is 0 Å². The van der Waals surface area contributed by atoms with E-state index in [9.17, 15) is 0 Å². The van der Waals surface area contributed by atoms with Gasteiger partial charge in [-0.2, -0.15) is 15.7 Å². The number of nitrogens with zero attached hydrogens (tertiary/aromatic N) is 3. The van der Waals surface area contributed by atoms with Gasteiger partial charge in [0.25, 0.3) is 0 Å². The summed E-state index contributed by atoms with van der Waals surface area (Å²) in [5.74, 6) is 0. The molecule has 0 saturated carbocycles. The molecule has 4 nitrogen and oxygen atoms in total. The smallest absolute Gasteiger partial charge is 0.0988 e. The first kappa shape index (κ1) is 5.55. The zero-order valence-electron chi connectivity index (χ0n) is 4.30. The zero-order valence-corrected chi connectivity index (χ0v) is 5.88. The van der Waals surface area contributed by atoms with Crippen LogP contribution in [0.15, 0.2) is 10.2 Å². The Balaban J connectivity index is 2.58. The lowest BCUT2D eigenvalue weighted by Crippen LogP contribution is -2.25. The Hall–Kier alpha value is -0.580. The second-order valence-corrected chi connectivity index (χ2v) is 2.03. The molecule has 0 aromatic heterocycles. The summed E-state index contributed by atoms with van der Waals surface area (Å²) >= 11 is 3.03. The Morgan fingerprint density at radius 1 is 1.88 bits per heavy atom. The third-order valence-corrected chi connectivity index (χ3v) is 0.997. The van der Waals surface area contributed by atoms with Crippen molar-refractivity contribution in [2.45, 2.75) is 6.92 Å². The van der Waals surface area contributed by atoms with E-state index in [1.807, 2.05) is 6.92 Å². The molecule has 0 amide bonds. The van der Waals surface area contributed by atoms with E-state index in [0.717, 1.165) is 5.71 Å². The number of rotatable bonds is 0. The molecule has 1 aliphatic rings. The van der Waals surface area contributed by atoms with Crippen molar-refractivity contribution >= 4 is 28.1 Å². The molecule has 1 rings (SSSR count). The van der Waals surface area contributed by atoms with Crippen molar-refractivity contribution in [3.8, 4) is 0 Å². The molecule has 1 N–H and O–H groups in total. The molecule has 5 heteroatoms. The number of hydrogen-bond donors (Lipinski definition) is 1. The van der Waals surface area contributed by atoms with E-state index in [1.54, 1.807) is 6.21 Å². The van der Waals surface area contributed by atoms with Crippen molar-refractivity contribution in [1.29, 1.82) is 0 Å². The number of hydrogen-bond acceptors (Lipinski definition) is 4. The maximum Gasteiger partial charge on any atom is 0.0988 e. The summed E-state index contributed by atoms with van der Waals surface area (Å²) in [6.07, 6.45) is 1.64. The standard InChI is InChI=1S/C3H5BrN4/c1-3-2-5-8(4)7-6-3/h2,7H,1H3. The van der Waals surface area contributed by atoms with Crippen LogP contribution >= 0.6 is 16.1 Å². The van der Waals surface area contributed by atoms with E-state index in [2.05, 4.69) is 31.9 Å². The predicted octanol–water partition coefficient (Wildman–Crippen LogP) is 0.478. The minimum Gasteiger partial charge on any atom is -0.191 e. The minimum atomic E-state index is 0.862. The van der Waals surface area contributed by atoms with Gasteiger partial charge >= 0.3 is 0 Å². The van der Waals surface area contributed by atoms with Crippen molar-refractivity contribution in [1.82, 2.24) is 9.68 Å². The SMILES string of the molecule is CC1=NNN(Br)N=C1. The third-order valence-electron chi connectivity index (χ3n) is 0.655. The fourth-order valence-corrected chi connectivity index (χ4v) is 0.480. The van der Waals surface area contributed by atoms with E-state index in [4.69, 9.17) is 0 Å². The van der Waals surface area contributed by atoms with Gasteiger partial charge in [-0.15, -0.1) is 4.14 Å². The van der Waals surface area contributed by atoms with Crippen LogP contribution in [0.4, 0.5) is 0 Å². The van der Waals surface area contributed by atoms with E-state index < -0.39 is 0 Å². The Bertz CT molecular complexity index is 140. The van der Waals surface area contributed by atoms with Gasteiger partial charge in [0.1, 0.15) is 0 Å². The van der Waals surface area contributed by atoms with E-state index in [1.165, 1.54) is 4.14 Å². The summed E-state index contributed by atoms with van der Waals surface area (Å²) in [5.41, 5.74) is 3.43. The Labute approximate surface area is 55.6 Å². The van der Waals surface area contributed by atoms with Crippen LogP contribution in [-0.4, -0.2) is 16.1 Å². The predicted molar refractivity (Wildman–Crippen MR) is 35.5 cm³/mol. The second kappa shape index (κ2) is 2.13. The molecule has 0 fully saturated rings. The summed E-state index contributed by atoms with van der Waals surface area (Å²) in [7, 11) is 0. The van der Waals surface area contributed by atoms with Gasteiger partial charge in [-0.25, -0.2) is 0 Å². The summed E-state index contributed by atoms with van der Waals surface area (Å²) in [5, 5.41) is 7.60. The highest BCUT2D eigenvalue weighted by atomic mass is 79.9. The van der Waals surface area contributed by atoms with Gasteiger partial charge < -0.3 is 0 Å². The molecule has 0 aromatic carbocycles. The van der Waals surface area contributed by atoms with Gasteiger partial charge in [0.05, 0.1) is 28.1 Å². The average Bonchev–Trinajstić information content (AvgIpc) is 1.77. The quantitative estimate of drug-likeness (QED) is 0.546. The number of hydrazone groups is 2. The topological polar surface area (TPSA) is 40.0 Å². The van der Waals surface area contributed by atoms with Crippen LogP contribution < -0.4 is 5.53 Å². The third kappa shape index (κ3) is 1.19. The number of nitrogens with one attached hydrogen (secondary N) is 1. The van der Waals surface area contributed by atoms with Gasteiger partial charge in [0, 0.05) is 0 Å². The highest BCUT2D eigenvalue weighted by molar-refractivity contribution is 9.07. The maximum absolute atomic E-state index is 3.81. The first-order valence-electron chi connectivity index (χ1n) is 2.09. The van der Waals surface area contributed by atoms with Crippen molar-refractivity contribution in [3.05, 3.63) is 0 Å². The molecule has 1 aliphatic heterocycles. The largest absolute Gasteiger partial charge is 0.191 e. The molecule has 44 valence electrons. The van der Waals surface area contributed by atoms with Crippen LogP contribution in [0.25, 0.3) is 0 Å². The molecule has 0 unspecified atom stereocenters. The van der Waals surface area contributed by atoms with Crippen LogP contribution in [0.3, 0.4) is 0 Å². The van der Waals surface area contributed by atoms with Crippen LogP contribution in [0.1, 0.15) is 6.92 Å². The van der Waals surface area contributed by atoms with Gasteiger partial charge in [0.15, 0.2) is 0 Å². The first-order chi connectivity index (χ1) is 3.79. The molecular formula is C3H5BrN4. The fourth-order valence-electron chi connectivity index (χ4n) is 0.309. The highest BCUT2D eigenvalue weighted by Gasteiger charge is 1.95. The second-order valence-electron chi connectivity index (χ2n) is 1.36. The molecular weight excluding hydrogens is 172 g/mol. The van der Waals surface area contributed by atoms with Gasteiger partial charge in [-0.05, 0) is 6.92 Å². The van der Waals surface area contributed by atoms with Crippen molar-refractivity contribution < 1.29 is 0 Å². The number of hydrazine groups is 1. The minimum absolute atomic E-state index is 0.862. The summed E-state index contributed by atoms with van der Waals surface area (Å²) in [6.45, 7) is 1.86. The fraction of sp³-hybridized carbons (Fsp3) is 0.333. The normalized spacial score (nSPS) is 17.8. The Morgan fingerprint density at radius 3 is 3.00 bits per heavy atom. The molecule has 0 bridgehead atoms.